The Balaban J connectivity index is 1.78. The lowest BCUT2D eigenvalue weighted by molar-refractivity contribution is -0.145. The number of benzene rings is 2. The highest BCUT2D eigenvalue weighted by molar-refractivity contribution is 9.10. The van der Waals surface area contributed by atoms with Crippen LogP contribution in [0.15, 0.2) is 45.8 Å². The number of nitrogens with zero attached hydrogens (tertiary/aromatic N) is 1. The molecule has 1 saturated heterocycles. The monoisotopic (exact) mass is 539 g/mol. The zero-order valence-corrected chi connectivity index (χ0v) is 20.4. The number of thioether (sulfide) groups is 1. The van der Waals surface area contributed by atoms with Crippen molar-refractivity contribution in [1.29, 1.82) is 0 Å². The SMILES string of the molecule is CCOC(=O)CN1C(=O)S/C(=C\c2cc(Br)c(OCc3ccc(Cl)cc3)c(OC)c2)C1=O. The van der Waals surface area contributed by atoms with Gasteiger partial charge in [-0.3, -0.25) is 19.3 Å². The molecular weight excluding hydrogens is 522 g/mol. The maximum Gasteiger partial charge on any atom is 0.326 e. The molecule has 0 atom stereocenters. The van der Waals surface area contributed by atoms with Crippen LogP contribution in [0.5, 0.6) is 11.5 Å². The minimum atomic E-state index is -0.636. The second-order valence-corrected chi connectivity index (χ2v) is 8.81. The lowest BCUT2D eigenvalue weighted by atomic mass is 10.1. The van der Waals surface area contributed by atoms with Crippen LogP contribution in [0.1, 0.15) is 18.1 Å². The highest BCUT2D eigenvalue weighted by Gasteiger charge is 2.36. The van der Waals surface area contributed by atoms with Crippen LogP contribution in [-0.2, 0) is 20.9 Å². The topological polar surface area (TPSA) is 82.1 Å². The molecule has 3 rings (SSSR count). The average molecular weight is 541 g/mol. The van der Waals surface area contributed by atoms with E-state index >= 15 is 0 Å². The van der Waals surface area contributed by atoms with E-state index in [1.807, 2.05) is 12.1 Å². The highest BCUT2D eigenvalue weighted by atomic mass is 79.9. The minimum Gasteiger partial charge on any atom is -0.493 e. The fourth-order valence-electron chi connectivity index (χ4n) is 2.82. The highest BCUT2D eigenvalue weighted by Crippen LogP contribution is 2.39. The van der Waals surface area contributed by atoms with Crippen LogP contribution in [-0.4, -0.2) is 42.3 Å². The number of carbonyl (C=O) groups is 3. The number of esters is 1. The first-order valence-corrected chi connectivity index (χ1v) is 11.5. The van der Waals surface area contributed by atoms with Crippen molar-refractivity contribution in [2.75, 3.05) is 20.3 Å². The van der Waals surface area contributed by atoms with Gasteiger partial charge in [-0.25, -0.2) is 0 Å². The zero-order chi connectivity index (χ0) is 23.3. The molecule has 0 radical (unpaired) electrons. The first-order chi connectivity index (χ1) is 15.3. The van der Waals surface area contributed by atoms with Gasteiger partial charge in [0.25, 0.3) is 11.1 Å². The van der Waals surface area contributed by atoms with Crippen molar-refractivity contribution in [3.63, 3.8) is 0 Å². The second kappa shape index (κ2) is 10.9. The fourth-order valence-corrected chi connectivity index (χ4v) is 4.36. The van der Waals surface area contributed by atoms with Crippen LogP contribution in [0.3, 0.4) is 0 Å². The number of rotatable bonds is 8. The number of amides is 2. The van der Waals surface area contributed by atoms with Gasteiger partial charge in [-0.05, 0) is 76.1 Å². The quantitative estimate of drug-likeness (QED) is 0.332. The van der Waals surface area contributed by atoms with Crippen LogP contribution < -0.4 is 9.47 Å². The number of carbonyl (C=O) groups excluding carboxylic acids is 3. The molecule has 1 fully saturated rings. The van der Waals surface area contributed by atoms with E-state index < -0.39 is 23.7 Å². The third-order valence-electron chi connectivity index (χ3n) is 4.31. The fraction of sp³-hybridized carbons (Fsp3) is 0.227. The van der Waals surface area contributed by atoms with E-state index in [0.29, 0.717) is 33.2 Å². The lowest BCUT2D eigenvalue weighted by Gasteiger charge is -2.14. The van der Waals surface area contributed by atoms with Gasteiger partial charge in [0, 0.05) is 5.02 Å². The zero-order valence-electron chi connectivity index (χ0n) is 17.2. The Kier molecular flexibility index (Phi) is 8.22. The van der Waals surface area contributed by atoms with Crippen molar-refractivity contribution >= 4 is 62.5 Å². The molecule has 0 unspecified atom stereocenters. The number of methoxy groups -OCH3 is 1. The van der Waals surface area contributed by atoms with Crippen molar-refractivity contribution in [1.82, 2.24) is 4.90 Å². The molecule has 0 aliphatic carbocycles. The predicted octanol–water partition coefficient (Wildman–Crippen LogP) is 5.29. The van der Waals surface area contributed by atoms with Gasteiger partial charge in [-0.15, -0.1) is 0 Å². The van der Waals surface area contributed by atoms with E-state index in [2.05, 4.69) is 15.9 Å². The number of hydrogen-bond acceptors (Lipinski definition) is 7. The van der Waals surface area contributed by atoms with Crippen molar-refractivity contribution in [2.24, 2.45) is 0 Å². The van der Waals surface area contributed by atoms with E-state index in [9.17, 15) is 14.4 Å². The Morgan fingerprint density at radius 1 is 1.22 bits per heavy atom. The molecule has 2 amide bonds. The minimum absolute atomic E-state index is 0.172. The molecule has 32 heavy (non-hydrogen) atoms. The molecule has 1 heterocycles. The molecule has 0 saturated carbocycles. The number of halogens is 2. The van der Waals surface area contributed by atoms with Gasteiger partial charge in [0.05, 0.1) is 23.1 Å². The molecule has 0 N–H and O–H groups in total. The molecule has 2 aromatic rings. The van der Waals surface area contributed by atoms with Crippen molar-refractivity contribution in [3.05, 3.63) is 61.9 Å². The molecule has 0 bridgehead atoms. The summed E-state index contributed by atoms with van der Waals surface area (Å²) in [5.74, 6) is -0.241. The second-order valence-electron chi connectivity index (χ2n) is 6.52. The summed E-state index contributed by atoms with van der Waals surface area (Å²) in [6.45, 7) is 1.71. The molecule has 0 aromatic heterocycles. The van der Waals surface area contributed by atoms with Crippen LogP contribution in [0.4, 0.5) is 4.79 Å². The summed E-state index contributed by atoms with van der Waals surface area (Å²) in [4.78, 5) is 37.5. The summed E-state index contributed by atoms with van der Waals surface area (Å²) in [6.07, 6.45) is 1.56. The molecule has 7 nitrogen and oxygen atoms in total. The van der Waals surface area contributed by atoms with E-state index in [4.69, 9.17) is 25.8 Å². The number of ether oxygens (including phenoxy) is 3. The van der Waals surface area contributed by atoms with E-state index in [-0.39, 0.29) is 11.5 Å². The van der Waals surface area contributed by atoms with Gasteiger partial charge in [-0.2, -0.15) is 0 Å². The first-order valence-electron chi connectivity index (χ1n) is 9.48. The smallest absolute Gasteiger partial charge is 0.326 e. The normalized spacial score (nSPS) is 14.8. The summed E-state index contributed by atoms with van der Waals surface area (Å²) in [6, 6.07) is 10.7. The summed E-state index contributed by atoms with van der Waals surface area (Å²) in [5, 5.41) is 0.117. The Labute approximate surface area is 202 Å². The molecule has 1 aliphatic rings. The molecule has 10 heteroatoms. The molecule has 2 aromatic carbocycles. The van der Waals surface area contributed by atoms with Crippen LogP contribution >= 0.6 is 39.3 Å². The van der Waals surface area contributed by atoms with Crippen molar-refractivity contribution in [2.45, 2.75) is 13.5 Å². The largest absolute Gasteiger partial charge is 0.493 e. The Morgan fingerprint density at radius 3 is 2.59 bits per heavy atom. The van der Waals surface area contributed by atoms with Gasteiger partial charge in [0.15, 0.2) is 11.5 Å². The first kappa shape index (κ1) is 24.2. The summed E-state index contributed by atoms with van der Waals surface area (Å²) < 4.78 is 16.8. The van der Waals surface area contributed by atoms with E-state index in [1.165, 1.54) is 7.11 Å². The summed E-state index contributed by atoms with van der Waals surface area (Å²) >= 11 is 10.1. The number of hydrogen-bond donors (Lipinski definition) is 0. The Bertz CT molecular complexity index is 1070. The summed E-state index contributed by atoms with van der Waals surface area (Å²) in [7, 11) is 1.51. The van der Waals surface area contributed by atoms with Crippen LogP contribution in [0, 0.1) is 0 Å². The van der Waals surface area contributed by atoms with Gasteiger partial charge in [-0.1, -0.05) is 23.7 Å². The maximum absolute atomic E-state index is 12.6. The van der Waals surface area contributed by atoms with E-state index in [0.717, 1.165) is 22.2 Å². The maximum atomic E-state index is 12.6. The molecule has 1 aliphatic heterocycles. The lowest BCUT2D eigenvalue weighted by Crippen LogP contribution is -2.34. The van der Waals surface area contributed by atoms with Gasteiger partial charge < -0.3 is 14.2 Å². The average Bonchev–Trinajstić information content (AvgIpc) is 3.01. The molecule has 168 valence electrons. The molecule has 0 spiro atoms. The molecular formula is C22H19BrClNO6S. The standard InChI is InChI=1S/C22H19BrClNO6S/c1-3-30-19(26)11-25-21(27)18(32-22(25)28)10-14-8-16(23)20(17(9-14)29-2)31-12-13-4-6-15(24)7-5-13/h4-10H,3,11-12H2,1-2H3/b18-10-. The predicted molar refractivity (Wildman–Crippen MR) is 126 cm³/mol. The van der Waals surface area contributed by atoms with Gasteiger partial charge in [0.1, 0.15) is 13.2 Å². The third kappa shape index (κ3) is 5.85. The van der Waals surface area contributed by atoms with Crippen molar-refractivity contribution in [3.8, 4) is 11.5 Å². The third-order valence-corrected chi connectivity index (χ3v) is 6.06. The van der Waals surface area contributed by atoms with Crippen LogP contribution in [0.2, 0.25) is 5.02 Å². The van der Waals surface area contributed by atoms with Gasteiger partial charge >= 0.3 is 5.97 Å². The Hall–Kier alpha value is -2.49. The van der Waals surface area contributed by atoms with Crippen LogP contribution in [0.25, 0.3) is 6.08 Å². The Morgan fingerprint density at radius 2 is 1.94 bits per heavy atom. The van der Waals surface area contributed by atoms with E-state index in [1.54, 1.807) is 37.3 Å². The van der Waals surface area contributed by atoms with Gasteiger partial charge in [0.2, 0.25) is 0 Å². The summed E-state index contributed by atoms with van der Waals surface area (Å²) in [5.41, 5.74) is 1.55. The number of imide groups is 1. The van der Waals surface area contributed by atoms with Crippen molar-refractivity contribution < 1.29 is 28.6 Å².